The molecule has 25 heavy (non-hydrogen) atoms. The van der Waals surface area contributed by atoms with Crippen molar-refractivity contribution in [3.8, 4) is 5.75 Å². The molecule has 2 aromatic carbocycles. The van der Waals surface area contributed by atoms with E-state index in [4.69, 9.17) is 4.74 Å². The zero-order chi connectivity index (χ0) is 18.1. The van der Waals surface area contributed by atoms with Gasteiger partial charge < -0.3 is 20.3 Å². The third-order valence-electron chi connectivity index (χ3n) is 3.65. The predicted molar refractivity (Wildman–Crippen MR) is 102 cm³/mol. The summed E-state index contributed by atoms with van der Waals surface area (Å²) in [5.74, 6) is 0.684. The van der Waals surface area contributed by atoms with E-state index in [1.165, 1.54) is 0 Å². The zero-order valence-corrected chi connectivity index (χ0v) is 15.2. The standard InChI is InChI=1S/C20H27N3O2/c1-4-14-25-19-13-9-8-12-17(19)21-20(24)22-18(15-23(2)3)16-10-6-5-7-11-16/h5-13,18H,4,14-15H2,1-3H3,(H2,21,22,24). The van der Waals surface area contributed by atoms with Crippen molar-refractivity contribution in [3.63, 3.8) is 0 Å². The number of benzene rings is 2. The quantitative estimate of drug-likeness (QED) is 0.766. The van der Waals surface area contributed by atoms with Crippen molar-refractivity contribution in [2.45, 2.75) is 19.4 Å². The number of nitrogens with zero attached hydrogens (tertiary/aromatic N) is 1. The van der Waals surface area contributed by atoms with Crippen molar-refractivity contribution in [1.82, 2.24) is 10.2 Å². The third kappa shape index (κ3) is 6.12. The average Bonchev–Trinajstić information content (AvgIpc) is 2.61. The first-order valence-electron chi connectivity index (χ1n) is 8.59. The van der Waals surface area contributed by atoms with Gasteiger partial charge in [0.15, 0.2) is 0 Å². The fourth-order valence-corrected chi connectivity index (χ4v) is 2.51. The summed E-state index contributed by atoms with van der Waals surface area (Å²) in [6.07, 6.45) is 0.916. The molecule has 134 valence electrons. The van der Waals surface area contributed by atoms with Crippen LogP contribution < -0.4 is 15.4 Å². The van der Waals surface area contributed by atoms with Crippen molar-refractivity contribution in [1.29, 1.82) is 0 Å². The van der Waals surface area contributed by atoms with Gasteiger partial charge >= 0.3 is 6.03 Å². The molecule has 2 N–H and O–H groups in total. The predicted octanol–water partition coefficient (Wildman–Crippen LogP) is 3.90. The summed E-state index contributed by atoms with van der Waals surface area (Å²) < 4.78 is 5.69. The number of ether oxygens (including phenoxy) is 1. The van der Waals surface area contributed by atoms with Crippen molar-refractivity contribution in [2.24, 2.45) is 0 Å². The highest BCUT2D eigenvalue weighted by Gasteiger charge is 2.16. The fourth-order valence-electron chi connectivity index (χ4n) is 2.51. The largest absolute Gasteiger partial charge is 0.491 e. The van der Waals surface area contributed by atoms with E-state index in [2.05, 4.69) is 22.5 Å². The maximum Gasteiger partial charge on any atom is 0.319 e. The van der Waals surface area contributed by atoms with Gasteiger partial charge in [0, 0.05) is 6.54 Å². The van der Waals surface area contributed by atoms with Gasteiger partial charge in [-0.05, 0) is 38.2 Å². The highest BCUT2D eigenvalue weighted by molar-refractivity contribution is 5.91. The second kappa shape index (κ2) is 9.69. The van der Waals surface area contributed by atoms with E-state index in [0.717, 1.165) is 12.0 Å². The van der Waals surface area contributed by atoms with Crippen molar-refractivity contribution < 1.29 is 9.53 Å². The summed E-state index contributed by atoms with van der Waals surface area (Å²) in [6, 6.07) is 17.1. The summed E-state index contributed by atoms with van der Waals surface area (Å²) in [4.78, 5) is 14.6. The minimum absolute atomic E-state index is 0.0973. The van der Waals surface area contributed by atoms with Crippen LogP contribution in [-0.4, -0.2) is 38.2 Å². The van der Waals surface area contributed by atoms with Gasteiger partial charge in [0.1, 0.15) is 5.75 Å². The van der Waals surface area contributed by atoms with E-state index >= 15 is 0 Å². The number of hydrogen-bond acceptors (Lipinski definition) is 3. The topological polar surface area (TPSA) is 53.6 Å². The number of hydrogen-bond donors (Lipinski definition) is 2. The molecule has 2 rings (SSSR count). The molecule has 2 aromatic rings. The van der Waals surface area contributed by atoms with Crippen LogP contribution in [-0.2, 0) is 0 Å². The molecule has 0 radical (unpaired) electrons. The van der Waals surface area contributed by atoms with Gasteiger partial charge in [-0.3, -0.25) is 0 Å². The van der Waals surface area contributed by atoms with Crippen LogP contribution in [0.25, 0.3) is 0 Å². The minimum Gasteiger partial charge on any atom is -0.491 e. The molecule has 0 saturated heterocycles. The van der Waals surface area contributed by atoms with Crippen LogP contribution in [0.5, 0.6) is 5.75 Å². The lowest BCUT2D eigenvalue weighted by atomic mass is 10.1. The lowest BCUT2D eigenvalue weighted by Crippen LogP contribution is -2.37. The summed E-state index contributed by atoms with van der Waals surface area (Å²) >= 11 is 0. The SMILES string of the molecule is CCCOc1ccccc1NC(=O)NC(CN(C)C)c1ccccc1. The van der Waals surface area contributed by atoms with Gasteiger partial charge in [-0.25, -0.2) is 4.79 Å². The molecule has 0 aliphatic heterocycles. The van der Waals surface area contributed by atoms with Crippen LogP contribution in [0.3, 0.4) is 0 Å². The van der Waals surface area contributed by atoms with Crippen molar-refractivity contribution in [3.05, 3.63) is 60.2 Å². The van der Waals surface area contributed by atoms with Crippen LogP contribution in [0.2, 0.25) is 0 Å². The van der Waals surface area contributed by atoms with Crippen LogP contribution in [0, 0.1) is 0 Å². The second-order valence-corrected chi connectivity index (χ2v) is 6.17. The molecule has 2 amide bonds. The molecule has 0 bridgehead atoms. The van der Waals surface area contributed by atoms with Crippen LogP contribution in [0.1, 0.15) is 24.9 Å². The van der Waals surface area contributed by atoms with E-state index < -0.39 is 0 Å². The second-order valence-electron chi connectivity index (χ2n) is 6.17. The van der Waals surface area contributed by atoms with Gasteiger partial charge in [-0.2, -0.15) is 0 Å². The van der Waals surface area contributed by atoms with Crippen LogP contribution in [0.4, 0.5) is 10.5 Å². The smallest absolute Gasteiger partial charge is 0.319 e. The maximum atomic E-state index is 12.5. The Hall–Kier alpha value is -2.53. The first kappa shape index (κ1) is 18.8. The van der Waals surface area contributed by atoms with Crippen molar-refractivity contribution >= 4 is 11.7 Å². The summed E-state index contributed by atoms with van der Waals surface area (Å²) in [5, 5.41) is 5.95. The monoisotopic (exact) mass is 341 g/mol. The molecule has 5 nitrogen and oxygen atoms in total. The molecular weight excluding hydrogens is 314 g/mol. The van der Waals surface area contributed by atoms with Gasteiger partial charge in [-0.1, -0.05) is 49.4 Å². The molecule has 0 fully saturated rings. The van der Waals surface area contributed by atoms with Gasteiger partial charge in [0.2, 0.25) is 0 Å². The van der Waals surface area contributed by atoms with Crippen molar-refractivity contribution in [2.75, 3.05) is 32.6 Å². The average molecular weight is 341 g/mol. The molecule has 0 aliphatic carbocycles. The number of carbonyl (C=O) groups is 1. The molecule has 0 aromatic heterocycles. The normalized spacial score (nSPS) is 11.8. The summed E-state index contributed by atoms with van der Waals surface area (Å²) in [6.45, 7) is 3.38. The number of para-hydroxylation sites is 2. The van der Waals surface area contributed by atoms with E-state index in [0.29, 0.717) is 24.6 Å². The number of carbonyl (C=O) groups excluding carboxylic acids is 1. The Balaban J connectivity index is 2.06. The molecule has 5 heteroatoms. The number of rotatable bonds is 8. The van der Waals surface area contributed by atoms with Crippen LogP contribution in [0.15, 0.2) is 54.6 Å². The van der Waals surface area contributed by atoms with E-state index in [-0.39, 0.29) is 12.1 Å². The Labute approximate surface area is 150 Å². The lowest BCUT2D eigenvalue weighted by Gasteiger charge is -2.23. The number of amides is 2. The van der Waals surface area contributed by atoms with Crippen LogP contribution >= 0.6 is 0 Å². The lowest BCUT2D eigenvalue weighted by molar-refractivity contribution is 0.244. The summed E-state index contributed by atoms with van der Waals surface area (Å²) in [5.41, 5.74) is 1.74. The Morgan fingerprint density at radius 1 is 1.08 bits per heavy atom. The Morgan fingerprint density at radius 3 is 2.44 bits per heavy atom. The third-order valence-corrected chi connectivity index (χ3v) is 3.65. The Bertz CT molecular complexity index is 659. The minimum atomic E-state index is -0.247. The van der Waals surface area contributed by atoms with E-state index in [1.807, 2.05) is 68.7 Å². The molecule has 0 aliphatic rings. The first-order valence-corrected chi connectivity index (χ1v) is 8.59. The fraction of sp³-hybridized carbons (Fsp3) is 0.350. The Morgan fingerprint density at radius 2 is 1.76 bits per heavy atom. The molecule has 0 heterocycles. The number of likely N-dealkylation sites (N-methyl/N-ethyl adjacent to an activating group) is 1. The molecule has 0 saturated carbocycles. The summed E-state index contributed by atoms with van der Waals surface area (Å²) in [7, 11) is 3.98. The van der Waals surface area contributed by atoms with Gasteiger partial charge in [0.05, 0.1) is 18.3 Å². The van der Waals surface area contributed by atoms with E-state index in [9.17, 15) is 4.79 Å². The molecule has 1 unspecified atom stereocenters. The molecule has 0 spiro atoms. The number of anilines is 1. The Kier molecular flexibility index (Phi) is 7.29. The van der Waals surface area contributed by atoms with Gasteiger partial charge in [-0.15, -0.1) is 0 Å². The van der Waals surface area contributed by atoms with Gasteiger partial charge in [0.25, 0.3) is 0 Å². The van der Waals surface area contributed by atoms with E-state index in [1.54, 1.807) is 0 Å². The highest BCUT2D eigenvalue weighted by atomic mass is 16.5. The number of nitrogens with one attached hydrogen (secondary N) is 2. The maximum absolute atomic E-state index is 12.5. The number of urea groups is 1. The molecule has 1 atom stereocenters. The zero-order valence-electron chi connectivity index (χ0n) is 15.2. The first-order chi connectivity index (χ1) is 12.1. The highest BCUT2D eigenvalue weighted by Crippen LogP contribution is 2.24. The molecular formula is C20H27N3O2.